The van der Waals surface area contributed by atoms with Crippen molar-refractivity contribution in [2.75, 3.05) is 0 Å². The Morgan fingerprint density at radius 1 is 1.43 bits per heavy atom. The van der Waals surface area contributed by atoms with E-state index in [0.717, 1.165) is 6.07 Å². The van der Waals surface area contributed by atoms with Crippen molar-refractivity contribution in [2.24, 2.45) is 0 Å². The molecule has 21 heavy (non-hydrogen) atoms. The van der Waals surface area contributed by atoms with Gasteiger partial charge in [-0.2, -0.15) is 0 Å². The zero-order chi connectivity index (χ0) is 16.2. The maximum atomic E-state index is 11.9. The van der Waals surface area contributed by atoms with Gasteiger partial charge in [-0.3, -0.25) is 19.7 Å². The number of nitrogens with one attached hydrogen (secondary N) is 1. The van der Waals surface area contributed by atoms with E-state index in [0.29, 0.717) is 6.29 Å². The van der Waals surface area contributed by atoms with Crippen molar-refractivity contribution in [3.63, 3.8) is 0 Å². The first kappa shape index (κ1) is 16.6. The monoisotopic (exact) mass is 294 g/mol. The molecule has 1 atom stereocenters. The van der Waals surface area contributed by atoms with E-state index >= 15 is 0 Å². The molecule has 1 rings (SSSR count). The maximum Gasteiger partial charge on any atom is 0.311 e. The lowest BCUT2D eigenvalue weighted by atomic mass is 10.1. The van der Waals surface area contributed by atoms with Gasteiger partial charge in [0.1, 0.15) is 6.29 Å². The van der Waals surface area contributed by atoms with Crippen molar-refractivity contribution in [2.45, 2.75) is 39.3 Å². The molecule has 114 valence electrons. The molecule has 1 amide bonds. The van der Waals surface area contributed by atoms with Gasteiger partial charge in [-0.05, 0) is 39.8 Å². The third-order valence-corrected chi connectivity index (χ3v) is 2.49. The summed E-state index contributed by atoms with van der Waals surface area (Å²) in [5.41, 5.74) is -0.613. The summed E-state index contributed by atoms with van der Waals surface area (Å²) in [6, 6.07) is 3.81. The fourth-order valence-corrected chi connectivity index (χ4v) is 1.57. The molecule has 0 fully saturated rings. The number of hydrogen-bond acceptors (Lipinski definition) is 5. The van der Waals surface area contributed by atoms with Crippen LogP contribution >= 0.6 is 0 Å². The van der Waals surface area contributed by atoms with Crippen LogP contribution in [0.25, 0.3) is 0 Å². The molecule has 0 aliphatic heterocycles. The zero-order valence-electron chi connectivity index (χ0n) is 12.4. The van der Waals surface area contributed by atoms with Gasteiger partial charge in [0, 0.05) is 17.2 Å². The van der Waals surface area contributed by atoms with Gasteiger partial charge < -0.3 is 10.1 Å². The van der Waals surface area contributed by atoms with Crippen LogP contribution in [0.4, 0.5) is 5.69 Å². The molecule has 0 saturated carbocycles. The SMILES string of the molecule is C[C@H](Oc1ccc(C=O)cc1[N+](=O)[O-])C(=O)NC(C)(C)C. The molecule has 0 aliphatic rings. The van der Waals surface area contributed by atoms with E-state index in [2.05, 4.69) is 5.32 Å². The van der Waals surface area contributed by atoms with Crippen LogP contribution in [0.5, 0.6) is 5.75 Å². The summed E-state index contributed by atoms with van der Waals surface area (Å²) in [5, 5.41) is 13.7. The number of hydrogen-bond donors (Lipinski definition) is 1. The summed E-state index contributed by atoms with van der Waals surface area (Å²) >= 11 is 0. The Balaban J connectivity index is 2.94. The second-order valence-corrected chi connectivity index (χ2v) is 5.60. The number of rotatable bonds is 5. The van der Waals surface area contributed by atoms with Crippen LogP contribution in [0, 0.1) is 10.1 Å². The average Bonchev–Trinajstić information content (AvgIpc) is 2.36. The predicted molar refractivity (Wildman–Crippen MR) is 76.5 cm³/mol. The Morgan fingerprint density at radius 2 is 2.05 bits per heavy atom. The number of carbonyl (C=O) groups excluding carboxylic acids is 2. The number of amides is 1. The molecule has 1 aromatic carbocycles. The maximum absolute atomic E-state index is 11.9. The summed E-state index contributed by atoms with van der Waals surface area (Å²) in [4.78, 5) is 32.9. The molecular formula is C14H18N2O5. The molecule has 0 saturated heterocycles. The van der Waals surface area contributed by atoms with Gasteiger partial charge in [-0.15, -0.1) is 0 Å². The molecule has 1 aromatic rings. The van der Waals surface area contributed by atoms with Gasteiger partial charge in [0.05, 0.1) is 4.92 Å². The highest BCUT2D eigenvalue weighted by atomic mass is 16.6. The Kier molecular flexibility index (Phi) is 5.02. The quantitative estimate of drug-likeness (QED) is 0.509. The highest BCUT2D eigenvalue weighted by Gasteiger charge is 2.24. The highest BCUT2D eigenvalue weighted by molar-refractivity contribution is 5.82. The van der Waals surface area contributed by atoms with Crippen LogP contribution in [0.1, 0.15) is 38.1 Å². The fourth-order valence-electron chi connectivity index (χ4n) is 1.57. The molecule has 0 bridgehead atoms. The van der Waals surface area contributed by atoms with E-state index < -0.39 is 16.6 Å². The molecule has 0 aliphatic carbocycles. The van der Waals surface area contributed by atoms with Gasteiger partial charge in [0.25, 0.3) is 5.91 Å². The van der Waals surface area contributed by atoms with Crippen molar-refractivity contribution in [1.82, 2.24) is 5.32 Å². The van der Waals surface area contributed by atoms with Crippen molar-refractivity contribution in [1.29, 1.82) is 0 Å². The Morgan fingerprint density at radius 3 is 2.52 bits per heavy atom. The lowest BCUT2D eigenvalue weighted by Crippen LogP contribution is -2.46. The van der Waals surface area contributed by atoms with E-state index in [1.54, 1.807) is 0 Å². The number of benzene rings is 1. The van der Waals surface area contributed by atoms with Crippen molar-refractivity contribution < 1.29 is 19.2 Å². The second-order valence-electron chi connectivity index (χ2n) is 5.60. The fraction of sp³-hybridized carbons (Fsp3) is 0.429. The van der Waals surface area contributed by atoms with Crippen LogP contribution in [-0.2, 0) is 4.79 Å². The first-order valence-corrected chi connectivity index (χ1v) is 6.36. The number of nitro groups is 1. The molecule has 7 nitrogen and oxygen atoms in total. The molecule has 0 unspecified atom stereocenters. The molecule has 0 spiro atoms. The van der Waals surface area contributed by atoms with Gasteiger partial charge in [-0.25, -0.2) is 0 Å². The third kappa shape index (κ3) is 4.87. The van der Waals surface area contributed by atoms with Gasteiger partial charge in [-0.1, -0.05) is 0 Å². The number of nitro benzene ring substituents is 1. The number of ether oxygens (including phenoxy) is 1. The average molecular weight is 294 g/mol. The van der Waals surface area contributed by atoms with Crippen LogP contribution in [0.15, 0.2) is 18.2 Å². The van der Waals surface area contributed by atoms with Crippen molar-refractivity contribution in [3.8, 4) is 5.75 Å². The largest absolute Gasteiger partial charge is 0.474 e. The summed E-state index contributed by atoms with van der Waals surface area (Å²) in [5.74, 6) is -0.432. The molecule has 7 heteroatoms. The Hall–Kier alpha value is -2.44. The van der Waals surface area contributed by atoms with E-state index in [1.807, 2.05) is 20.8 Å². The number of aldehydes is 1. The van der Waals surface area contributed by atoms with E-state index in [4.69, 9.17) is 4.74 Å². The van der Waals surface area contributed by atoms with Crippen molar-refractivity contribution in [3.05, 3.63) is 33.9 Å². The van der Waals surface area contributed by atoms with Crippen LogP contribution < -0.4 is 10.1 Å². The van der Waals surface area contributed by atoms with E-state index in [9.17, 15) is 19.7 Å². The van der Waals surface area contributed by atoms with Gasteiger partial charge in [0.15, 0.2) is 11.9 Å². The van der Waals surface area contributed by atoms with E-state index in [-0.39, 0.29) is 22.9 Å². The Labute approximate surface area is 122 Å². The first-order chi connectivity index (χ1) is 9.64. The van der Waals surface area contributed by atoms with Crippen LogP contribution in [0.3, 0.4) is 0 Å². The second kappa shape index (κ2) is 6.34. The Bertz CT molecular complexity index is 563. The van der Waals surface area contributed by atoms with Crippen molar-refractivity contribution >= 4 is 17.9 Å². The minimum atomic E-state index is -0.898. The zero-order valence-corrected chi connectivity index (χ0v) is 12.4. The standard InChI is InChI=1S/C14H18N2O5/c1-9(13(18)15-14(2,3)4)21-12-6-5-10(8-17)7-11(12)16(19)20/h5-9H,1-4H3,(H,15,18)/t9-/m0/s1. The van der Waals surface area contributed by atoms with Gasteiger partial charge >= 0.3 is 5.69 Å². The lowest BCUT2D eigenvalue weighted by Gasteiger charge is -2.23. The molecular weight excluding hydrogens is 276 g/mol. The van der Waals surface area contributed by atoms with E-state index in [1.165, 1.54) is 19.1 Å². The molecule has 0 radical (unpaired) electrons. The summed E-state index contributed by atoms with van der Waals surface area (Å²) in [6.07, 6.45) is -0.392. The molecule has 0 heterocycles. The lowest BCUT2D eigenvalue weighted by molar-refractivity contribution is -0.386. The molecule has 1 N–H and O–H groups in total. The minimum Gasteiger partial charge on any atom is -0.474 e. The first-order valence-electron chi connectivity index (χ1n) is 6.36. The normalized spacial score (nSPS) is 12.4. The number of carbonyl (C=O) groups is 2. The topological polar surface area (TPSA) is 98.5 Å². The van der Waals surface area contributed by atoms with Gasteiger partial charge in [0.2, 0.25) is 0 Å². The minimum absolute atomic E-state index is 0.0536. The summed E-state index contributed by atoms with van der Waals surface area (Å²) < 4.78 is 5.34. The molecule has 0 aromatic heterocycles. The smallest absolute Gasteiger partial charge is 0.311 e. The summed E-state index contributed by atoms with van der Waals surface area (Å²) in [6.45, 7) is 6.95. The van der Waals surface area contributed by atoms with Crippen LogP contribution in [0.2, 0.25) is 0 Å². The predicted octanol–water partition coefficient (Wildman–Crippen LogP) is 2.09. The number of nitrogens with zero attached hydrogens (tertiary/aromatic N) is 1. The van der Waals surface area contributed by atoms with Crippen LogP contribution in [-0.4, -0.2) is 28.8 Å². The summed E-state index contributed by atoms with van der Waals surface area (Å²) in [7, 11) is 0. The third-order valence-electron chi connectivity index (χ3n) is 2.49. The highest BCUT2D eigenvalue weighted by Crippen LogP contribution is 2.28.